The highest BCUT2D eigenvalue weighted by atomic mass is 35.5. The lowest BCUT2D eigenvalue weighted by Gasteiger charge is -2.10. The van der Waals surface area contributed by atoms with E-state index in [-0.39, 0.29) is 5.91 Å². The number of hydrogen-bond donors (Lipinski definition) is 0. The van der Waals surface area contributed by atoms with Crippen molar-refractivity contribution in [1.29, 1.82) is 0 Å². The maximum absolute atomic E-state index is 12.8. The maximum atomic E-state index is 12.8. The molecule has 0 saturated carbocycles. The van der Waals surface area contributed by atoms with Crippen molar-refractivity contribution in [2.24, 2.45) is 5.10 Å². The predicted molar refractivity (Wildman–Crippen MR) is 109 cm³/mol. The number of carbonyl (C=O) groups is 1. The van der Waals surface area contributed by atoms with E-state index in [2.05, 4.69) is 5.10 Å². The van der Waals surface area contributed by atoms with Crippen LogP contribution in [0.4, 0.5) is 5.69 Å². The Balaban J connectivity index is 1.65. The molecule has 6 heteroatoms. The van der Waals surface area contributed by atoms with Gasteiger partial charge in [-0.1, -0.05) is 41.4 Å². The van der Waals surface area contributed by atoms with Gasteiger partial charge in [0.15, 0.2) is 0 Å². The Kier molecular flexibility index (Phi) is 4.60. The third-order valence-electron chi connectivity index (χ3n) is 4.17. The standard InChI is InChI=1S/C21H14Cl2N2O2/c1-13-17(21(26)25(24-13)15-5-3-2-4-6-15)12-16-8-10-20(27-16)18-11-14(22)7-9-19(18)23/h2-12H,1H3/b17-12+. The molecule has 0 bridgehead atoms. The van der Waals surface area contributed by atoms with Crippen molar-refractivity contribution in [2.75, 3.05) is 5.01 Å². The van der Waals surface area contributed by atoms with Crippen molar-refractivity contribution in [3.8, 4) is 11.3 Å². The Bertz CT molecular complexity index is 1080. The number of halogens is 2. The van der Waals surface area contributed by atoms with Gasteiger partial charge in [0.1, 0.15) is 11.5 Å². The average molecular weight is 397 g/mol. The van der Waals surface area contributed by atoms with E-state index in [1.807, 2.05) is 30.3 Å². The summed E-state index contributed by atoms with van der Waals surface area (Å²) in [6, 6.07) is 18.0. The molecule has 1 aliphatic heterocycles. The number of furan rings is 1. The van der Waals surface area contributed by atoms with Crippen LogP contribution in [-0.4, -0.2) is 11.6 Å². The van der Waals surface area contributed by atoms with Crippen LogP contribution in [0.15, 0.2) is 75.8 Å². The summed E-state index contributed by atoms with van der Waals surface area (Å²) in [5.74, 6) is 0.917. The normalized spacial score (nSPS) is 15.5. The summed E-state index contributed by atoms with van der Waals surface area (Å²) in [7, 11) is 0. The Morgan fingerprint density at radius 3 is 2.59 bits per heavy atom. The summed E-state index contributed by atoms with van der Waals surface area (Å²) >= 11 is 12.3. The highest BCUT2D eigenvalue weighted by Crippen LogP contribution is 2.33. The molecule has 0 saturated heterocycles. The average Bonchev–Trinajstić information content (AvgIpc) is 3.24. The molecule has 3 aromatic rings. The summed E-state index contributed by atoms with van der Waals surface area (Å²) in [4.78, 5) is 12.8. The molecule has 0 spiro atoms. The monoisotopic (exact) mass is 396 g/mol. The second kappa shape index (κ2) is 7.06. The smallest absolute Gasteiger partial charge is 0.280 e. The number of rotatable bonds is 3. The van der Waals surface area contributed by atoms with E-state index in [1.165, 1.54) is 5.01 Å². The van der Waals surface area contributed by atoms with Gasteiger partial charge in [0.25, 0.3) is 5.91 Å². The van der Waals surface area contributed by atoms with Crippen LogP contribution in [0.25, 0.3) is 17.4 Å². The Hall–Kier alpha value is -2.82. The van der Waals surface area contributed by atoms with E-state index < -0.39 is 0 Å². The first-order valence-corrected chi connectivity index (χ1v) is 9.00. The van der Waals surface area contributed by atoms with Gasteiger partial charge in [0.2, 0.25) is 0 Å². The zero-order valence-electron chi connectivity index (χ0n) is 14.3. The number of benzene rings is 2. The molecule has 0 unspecified atom stereocenters. The lowest BCUT2D eigenvalue weighted by atomic mass is 10.1. The first kappa shape index (κ1) is 17.6. The molecule has 0 fully saturated rings. The molecule has 0 N–H and O–H groups in total. The molecular formula is C21H14Cl2N2O2. The number of carbonyl (C=O) groups excluding carboxylic acids is 1. The Morgan fingerprint density at radius 2 is 1.81 bits per heavy atom. The summed E-state index contributed by atoms with van der Waals surface area (Å²) in [5.41, 5.74) is 2.53. The number of hydrazone groups is 1. The fourth-order valence-electron chi connectivity index (χ4n) is 2.83. The summed E-state index contributed by atoms with van der Waals surface area (Å²) in [6.07, 6.45) is 1.69. The van der Waals surface area contributed by atoms with Crippen LogP contribution in [0.5, 0.6) is 0 Å². The van der Waals surface area contributed by atoms with Gasteiger partial charge in [-0.3, -0.25) is 4.79 Å². The fourth-order valence-corrected chi connectivity index (χ4v) is 3.22. The molecule has 4 rings (SSSR count). The van der Waals surface area contributed by atoms with Crippen molar-refractivity contribution in [1.82, 2.24) is 0 Å². The second-order valence-corrected chi connectivity index (χ2v) is 6.87. The number of amides is 1. The summed E-state index contributed by atoms with van der Waals surface area (Å²) in [6.45, 7) is 1.80. The lowest BCUT2D eigenvalue weighted by Crippen LogP contribution is -2.21. The highest BCUT2D eigenvalue weighted by Gasteiger charge is 2.28. The van der Waals surface area contributed by atoms with Gasteiger partial charge in [-0.2, -0.15) is 10.1 Å². The first-order valence-electron chi connectivity index (χ1n) is 8.25. The molecule has 1 amide bonds. The van der Waals surface area contributed by atoms with Gasteiger partial charge >= 0.3 is 0 Å². The molecule has 27 heavy (non-hydrogen) atoms. The van der Waals surface area contributed by atoms with Crippen LogP contribution in [0.2, 0.25) is 10.0 Å². The molecule has 1 aromatic heterocycles. The van der Waals surface area contributed by atoms with Gasteiger partial charge in [0.05, 0.1) is 22.0 Å². The Labute approximate surface area is 166 Å². The van der Waals surface area contributed by atoms with E-state index in [0.717, 1.165) is 5.69 Å². The van der Waals surface area contributed by atoms with Crippen LogP contribution in [0.1, 0.15) is 12.7 Å². The van der Waals surface area contributed by atoms with Crippen molar-refractivity contribution in [3.05, 3.63) is 82.0 Å². The van der Waals surface area contributed by atoms with Gasteiger partial charge in [-0.05, 0) is 55.5 Å². The van der Waals surface area contributed by atoms with Gasteiger partial charge in [-0.15, -0.1) is 0 Å². The van der Waals surface area contributed by atoms with Crippen molar-refractivity contribution >= 4 is 46.6 Å². The largest absolute Gasteiger partial charge is 0.457 e. The minimum Gasteiger partial charge on any atom is -0.457 e. The molecular weight excluding hydrogens is 383 g/mol. The second-order valence-electron chi connectivity index (χ2n) is 6.02. The van der Waals surface area contributed by atoms with Crippen molar-refractivity contribution in [3.63, 3.8) is 0 Å². The quantitative estimate of drug-likeness (QED) is 0.505. The maximum Gasteiger partial charge on any atom is 0.280 e. The summed E-state index contributed by atoms with van der Waals surface area (Å²) in [5, 5.41) is 6.86. The van der Waals surface area contributed by atoms with E-state index >= 15 is 0 Å². The van der Waals surface area contributed by atoms with Crippen LogP contribution >= 0.6 is 23.2 Å². The van der Waals surface area contributed by atoms with Crippen LogP contribution in [-0.2, 0) is 4.79 Å². The van der Waals surface area contributed by atoms with E-state index in [9.17, 15) is 4.79 Å². The van der Waals surface area contributed by atoms with E-state index in [1.54, 1.807) is 43.3 Å². The lowest BCUT2D eigenvalue weighted by molar-refractivity contribution is -0.114. The molecule has 4 nitrogen and oxygen atoms in total. The molecule has 2 heterocycles. The van der Waals surface area contributed by atoms with Crippen molar-refractivity contribution < 1.29 is 9.21 Å². The molecule has 1 aliphatic rings. The number of para-hydroxylation sites is 1. The van der Waals surface area contributed by atoms with E-state index in [0.29, 0.717) is 38.4 Å². The zero-order valence-corrected chi connectivity index (χ0v) is 15.8. The zero-order chi connectivity index (χ0) is 19.0. The molecule has 134 valence electrons. The minimum absolute atomic E-state index is 0.197. The first-order chi connectivity index (χ1) is 13.0. The Morgan fingerprint density at radius 1 is 1.04 bits per heavy atom. The SMILES string of the molecule is CC1=NN(c2ccccc2)C(=O)/C1=C/c1ccc(-c2cc(Cl)ccc2Cl)o1. The van der Waals surface area contributed by atoms with E-state index in [4.69, 9.17) is 27.6 Å². The molecule has 0 radical (unpaired) electrons. The number of nitrogens with zero attached hydrogens (tertiary/aromatic N) is 2. The van der Waals surface area contributed by atoms with Crippen molar-refractivity contribution in [2.45, 2.75) is 6.92 Å². The minimum atomic E-state index is -0.197. The van der Waals surface area contributed by atoms with Crippen LogP contribution in [0.3, 0.4) is 0 Å². The molecule has 0 aliphatic carbocycles. The van der Waals surface area contributed by atoms with Gasteiger partial charge in [-0.25, -0.2) is 0 Å². The van der Waals surface area contributed by atoms with Crippen LogP contribution < -0.4 is 5.01 Å². The number of hydrogen-bond acceptors (Lipinski definition) is 3. The molecule has 0 atom stereocenters. The topological polar surface area (TPSA) is 45.8 Å². The fraction of sp³-hybridized carbons (Fsp3) is 0.0476. The molecule has 2 aromatic carbocycles. The third-order valence-corrected chi connectivity index (χ3v) is 4.74. The van der Waals surface area contributed by atoms with Gasteiger partial charge in [0, 0.05) is 10.6 Å². The predicted octanol–water partition coefficient (Wildman–Crippen LogP) is 6.06. The third kappa shape index (κ3) is 3.42. The summed E-state index contributed by atoms with van der Waals surface area (Å²) < 4.78 is 5.86. The number of anilines is 1. The highest BCUT2D eigenvalue weighted by molar-refractivity contribution is 6.35. The van der Waals surface area contributed by atoms with Gasteiger partial charge < -0.3 is 4.42 Å². The van der Waals surface area contributed by atoms with Crippen LogP contribution in [0, 0.1) is 0 Å².